The van der Waals surface area contributed by atoms with Crippen molar-refractivity contribution in [1.82, 2.24) is 9.88 Å². The van der Waals surface area contributed by atoms with Crippen LogP contribution in [-0.4, -0.2) is 35.4 Å². The van der Waals surface area contributed by atoms with Gasteiger partial charge in [0.05, 0.1) is 11.1 Å². The minimum Gasteiger partial charge on any atom is -0.312 e. The summed E-state index contributed by atoms with van der Waals surface area (Å²) in [6.45, 7) is 3.69. The van der Waals surface area contributed by atoms with Crippen molar-refractivity contribution in [1.29, 1.82) is 0 Å². The number of aromatic nitrogens is 1. The van der Waals surface area contributed by atoms with Crippen molar-refractivity contribution in [3.8, 4) is 0 Å². The molecule has 2 aliphatic rings. The number of hydrogen-bond donors (Lipinski definition) is 0. The van der Waals surface area contributed by atoms with E-state index in [4.69, 9.17) is 0 Å². The minimum absolute atomic E-state index is 0.158. The van der Waals surface area contributed by atoms with Gasteiger partial charge in [0, 0.05) is 25.0 Å². The van der Waals surface area contributed by atoms with Crippen LogP contribution >= 0.6 is 0 Å². The van der Waals surface area contributed by atoms with Gasteiger partial charge in [-0.1, -0.05) is 24.3 Å². The minimum atomic E-state index is -0.158. The lowest BCUT2D eigenvalue weighted by atomic mass is 9.71. The molecule has 1 aromatic heterocycles. The number of likely N-dealkylation sites (tertiary alicyclic amines) is 1. The fraction of sp³-hybridized carbons (Fsp3) is 0.429. The van der Waals surface area contributed by atoms with Gasteiger partial charge < -0.3 is 4.90 Å². The Morgan fingerprint density at radius 3 is 2.40 bits per heavy atom. The molecule has 1 aromatic carbocycles. The Morgan fingerprint density at radius 2 is 1.68 bits per heavy atom. The Balaban J connectivity index is 1.43. The van der Waals surface area contributed by atoms with E-state index in [-0.39, 0.29) is 5.41 Å². The van der Waals surface area contributed by atoms with Crippen LogP contribution in [0.15, 0.2) is 54.7 Å². The number of piperidine rings is 2. The first kappa shape index (κ1) is 16.3. The SMILES string of the molecule is O=C1N(c2ccccc2)CCCC12CCN(Cc1ccccn1)CC2. The molecule has 0 saturated carbocycles. The van der Waals surface area contributed by atoms with Gasteiger partial charge in [0.15, 0.2) is 0 Å². The number of rotatable bonds is 3. The second kappa shape index (κ2) is 6.96. The summed E-state index contributed by atoms with van der Waals surface area (Å²) in [4.78, 5) is 22.1. The topological polar surface area (TPSA) is 36.4 Å². The van der Waals surface area contributed by atoms with Gasteiger partial charge in [-0.05, 0) is 63.0 Å². The number of carbonyl (C=O) groups is 1. The molecule has 0 bridgehead atoms. The predicted octanol–water partition coefficient (Wildman–Crippen LogP) is 3.49. The molecule has 2 aliphatic heterocycles. The van der Waals surface area contributed by atoms with Crippen LogP contribution in [0.4, 0.5) is 5.69 Å². The first-order valence-corrected chi connectivity index (χ1v) is 9.26. The van der Waals surface area contributed by atoms with Crippen LogP contribution < -0.4 is 4.90 Å². The lowest BCUT2D eigenvalue weighted by molar-refractivity contribution is -0.133. The van der Waals surface area contributed by atoms with Gasteiger partial charge in [-0.2, -0.15) is 0 Å². The Bertz CT molecular complexity index is 708. The third-order valence-electron chi connectivity index (χ3n) is 5.73. The molecule has 4 nitrogen and oxygen atoms in total. The zero-order valence-electron chi connectivity index (χ0n) is 14.6. The number of benzene rings is 1. The Kier molecular flexibility index (Phi) is 4.53. The average molecular weight is 335 g/mol. The van der Waals surface area contributed by atoms with Gasteiger partial charge in [-0.3, -0.25) is 14.7 Å². The van der Waals surface area contributed by atoms with Gasteiger partial charge in [0.1, 0.15) is 0 Å². The fourth-order valence-corrected chi connectivity index (χ4v) is 4.25. The summed E-state index contributed by atoms with van der Waals surface area (Å²) in [6, 6.07) is 16.2. The van der Waals surface area contributed by atoms with Crippen LogP contribution in [0.25, 0.3) is 0 Å². The van der Waals surface area contributed by atoms with Crippen molar-refractivity contribution in [3.05, 3.63) is 60.4 Å². The number of nitrogens with zero attached hydrogens (tertiary/aromatic N) is 3. The molecule has 1 spiro atoms. The molecule has 0 radical (unpaired) electrons. The zero-order chi connectivity index (χ0) is 17.1. The second-order valence-corrected chi connectivity index (χ2v) is 7.27. The van der Waals surface area contributed by atoms with Crippen LogP contribution in [-0.2, 0) is 11.3 Å². The van der Waals surface area contributed by atoms with Crippen molar-refractivity contribution in [2.45, 2.75) is 32.2 Å². The van der Waals surface area contributed by atoms with Crippen molar-refractivity contribution in [3.63, 3.8) is 0 Å². The first-order chi connectivity index (χ1) is 12.3. The highest BCUT2D eigenvalue weighted by Crippen LogP contribution is 2.42. The van der Waals surface area contributed by atoms with Crippen LogP contribution in [0.1, 0.15) is 31.4 Å². The molecule has 1 amide bonds. The molecule has 25 heavy (non-hydrogen) atoms. The van der Waals surface area contributed by atoms with Crippen LogP contribution in [0.2, 0.25) is 0 Å². The van der Waals surface area contributed by atoms with Crippen molar-refractivity contribution in [2.24, 2.45) is 5.41 Å². The molecule has 0 aliphatic carbocycles. The summed E-state index contributed by atoms with van der Waals surface area (Å²) in [6.07, 6.45) is 5.90. The molecule has 0 unspecified atom stereocenters. The second-order valence-electron chi connectivity index (χ2n) is 7.27. The highest BCUT2D eigenvalue weighted by molar-refractivity contribution is 5.98. The van der Waals surface area contributed by atoms with E-state index in [1.165, 1.54) is 0 Å². The van der Waals surface area contributed by atoms with E-state index in [2.05, 4.69) is 16.0 Å². The molecule has 130 valence electrons. The molecule has 3 heterocycles. The van der Waals surface area contributed by atoms with Gasteiger partial charge >= 0.3 is 0 Å². The van der Waals surface area contributed by atoms with Crippen molar-refractivity contribution < 1.29 is 4.79 Å². The lowest BCUT2D eigenvalue weighted by Crippen LogP contribution is -2.53. The third-order valence-corrected chi connectivity index (χ3v) is 5.73. The summed E-state index contributed by atoms with van der Waals surface area (Å²) < 4.78 is 0. The normalized spacial score (nSPS) is 20.8. The highest BCUT2D eigenvalue weighted by Gasteiger charge is 2.45. The first-order valence-electron chi connectivity index (χ1n) is 9.26. The Morgan fingerprint density at radius 1 is 0.920 bits per heavy atom. The van der Waals surface area contributed by atoms with Crippen LogP contribution in [0, 0.1) is 5.41 Å². The Hall–Kier alpha value is -2.20. The summed E-state index contributed by atoms with van der Waals surface area (Å²) in [7, 11) is 0. The molecular weight excluding hydrogens is 310 g/mol. The number of carbonyl (C=O) groups excluding carboxylic acids is 1. The summed E-state index contributed by atoms with van der Waals surface area (Å²) in [5, 5.41) is 0. The van der Waals surface area contributed by atoms with Gasteiger partial charge in [-0.15, -0.1) is 0 Å². The molecule has 4 rings (SSSR count). The largest absolute Gasteiger partial charge is 0.312 e. The number of para-hydroxylation sites is 1. The van der Waals surface area contributed by atoms with Gasteiger partial charge in [0.2, 0.25) is 5.91 Å². The summed E-state index contributed by atoms with van der Waals surface area (Å²) >= 11 is 0. The van der Waals surface area contributed by atoms with Crippen LogP contribution in [0.3, 0.4) is 0 Å². The average Bonchev–Trinajstić information content (AvgIpc) is 2.67. The van der Waals surface area contributed by atoms with E-state index in [0.717, 1.165) is 63.2 Å². The van der Waals surface area contributed by atoms with Crippen molar-refractivity contribution >= 4 is 11.6 Å². The van der Waals surface area contributed by atoms with E-state index in [0.29, 0.717) is 5.91 Å². The third kappa shape index (κ3) is 3.31. The van der Waals surface area contributed by atoms with E-state index >= 15 is 0 Å². The van der Waals surface area contributed by atoms with E-state index in [1.807, 2.05) is 53.6 Å². The number of pyridine rings is 1. The molecule has 0 atom stereocenters. The smallest absolute Gasteiger partial charge is 0.233 e. The van der Waals surface area contributed by atoms with E-state index < -0.39 is 0 Å². The molecule has 0 N–H and O–H groups in total. The highest BCUT2D eigenvalue weighted by atomic mass is 16.2. The maximum Gasteiger partial charge on any atom is 0.233 e. The van der Waals surface area contributed by atoms with E-state index in [1.54, 1.807) is 0 Å². The van der Waals surface area contributed by atoms with E-state index in [9.17, 15) is 4.79 Å². The standard InChI is InChI=1S/C21H25N3O/c25-20-21(10-6-14-24(20)19-8-2-1-3-9-19)11-15-23(16-12-21)17-18-7-4-5-13-22-18/h1-5,7-9,13H,6,10-12,14-17H2. The number of amides is 1. The van der Waals surface area contributed by atoms with Gasteiger partial charge in [-0.25, -0.2) is 0 Å². The number of hydrogen-bond acceptors (Lipinski definition) is 3. The molecular formula is C21H25N3O. The summed E-state index contributed by atoms with van der Waals surface area (Å²) in [5.41, 5.74) is 2.00. The maximum atomic E-state index is 13.3. The van der Waals surface area contributed by atoms with Gasteiger partial charge in [0.25, 0.3) is 0 Å². The molecule has 2 aromatic rings. The fourth-order valence-electron chi connectivity index (χ4n) is 4.25. The van der Waals surface area contributed by atoms with Crippen molar-refractivity contribution in [2.75, 3.05) is 24.5 Å². The lowest BCUT2D eigenvalue weighted by Gasteiger charge is -2.46. The molecule has 2 saturated heterocycles. The Labute approximate surface area is 149 Å². The molecule has 2 fully saturated rings. The predicted molar refractivity (Wildman–Crippen MR) is 99.2 cm³/mol. The molecule has 4 heteroatoms. The van der Waals surface area contributed by atoms with Crippen LogP contribution in [0.5, 0.6) is 0 Å². The monoisotopic (exact) mass is 335 g/mol. The zero-order valence-corrected chi connectivity index (χ0v) is 14.6. The maximum absolute atomic E-state index is 13.3. The summed E-state index contributed by atoms with van der Waals surface area (Å²) in [5.74, 6) is 0.336. The quantitative estimate of drug-likeness (QED) is 0.861. The number of anilines is 1.